The van der Waals surface area contributed by atoms with Gasteiger partial charge in [0.05, 0.1) is 23.0 Å². The first-order valence-corrected chi connectivity index (χ1v) is 11.0. The van der Waals surface area contributed by atoms with E-state index in [4.69, 9.17) is 18.2 Å². The van der Waals surface area contributed by atoms with Gasteiger partial charge in [0.2, 0.25) is 5.69 Å². The molecule has 0 bridgehead atoms. The van der Waals surface area contributed by atoms with Crippen LogP contribution in [-0.4, -0.2) is 32.4 Å². The molecule has 2 aromatic carbocycles. The highest BCUT2D eigenvalue weighted by atomic mass is 35.5. The molecule has 10 heteroatoms. The van der Waals surface area contributed by atoms with Crippen LogP contribution in [0, 0.1) is 6.57 Å². The van der Waals surface area contributed by atoms with Gasteiger partial charge < -0.3 is 5.32 Å². The van der Waals surface area contributed by atoms with Crippen molar-refractivity contribution in [3.8, 4) is 11.3 Å². The van der Waals surface area contributed by atoms with Crippen molar-refractivity contribution in [2.45, 2.75) is 0 Å². The molecule has 2 heterocycles. The van der Waals surface area contributed by atoms with Gasteiger partial charge >= 0.3 is 10.2 Å². The lowest BCUT2D eigenvalue weighted by Gasteiger charge is -2.16. The Morgan fingerprint density at radius 2 is 1.94 bits per heavy atom. The summed E-state index contributed by atoms with van der Waals surface area (Å²) >= 11 is 6.29. The minimum Gasteiger partial charge on any atom is -0.322 e. The molecule has 4 rings (SSSR count). The fraction of sp³-hybridized carbons (Fsp3) is 0.0952. The van der Waals surface area contributed by atoms with E-state index in [9.17, 15) is 13.2 Å². The number of nitrogens with zero attached hydrogens (tertiary/aromatic N) is 3. The van der Waals surface area contributed by atoms with Gasteiger partial charge in [-0.25, -0.2) is 4.85 Å². The summed E-state index contributed by atoms with van der Waals surface area (Å²) in [7, 11) is -3.51. The zero-order valence-electron chi connectivity index (χ0n) is 16.0. The second kappa shape index (κ2) is 8.35. The molecule has 0 spiro atoms. The van der Waals surface area contributed by atoms with Crippen LogP contribution in [0.25, 0.3) is 16.1 Å². The molecule has 8 nitrogen and oxygen atoms in total. The maximum absolute atomic E-state index is 12.7. The van der Waals surface area contributed by atoms with E-state index in [2.05, 4.69) is 19.9 Å². The summed E-state index contributed by atoms with van der Waals surface area (Å²) < 4.78 is 27.6. The van der Waals surface area contributed by atoms with Crippen molar-refractivity contribution in [2.24, 2.45) is 0 Å². The molecule has 0 aliphatic carbocycles. The SMILES string of the molecule is [C-]#[N+]c1ccc(-c2cc(NC(=O)c3ccc(N4CCNS4(=O)=O)cc3)ccc2Cl)nc1. The van der Waals surface area contributed by atoms with E-state index in [1.807, 2.05) is 0 Å². The average Bonchev–Trinajstić information content (AvgIpc) is 3.14. The molecule has 1 aliphatic heterocycles. The van der Waals surface area contributed by atoms with Crippen LogP contribution in [0.5, 0.6) is 0 Å². The van der Waals surface area contributed by atoms with Crippen LogP contribution < -0.4 is 14.3 Å². The smallest absolute Gasteiger partial charge is 0.301 e. The zero-order chi connectivity index (χ0) is 22.0. The first-order chi connectivity index (χ1) is 14.9. The summed E-state index contributed by atoms with van der Waals surface area (Å²) in [5.41, 5.74) is 3.02. The van der Waals surface area contributed by atoms with Crippen molar-refractivity contribution in [1.29, 1.82) is 0 Å². The number of amides is 1. The van der Waals surface area contributed by atoms with Crippen LogP contribution in [0.2, 0.25) is 5.02 Å². The van der Waals surface area contributed by atoms with Crippen molar-refractivity contribution in [1.82, 2.24) is 9.71 Å². The van der Waals surface area contributed by atoms with Crippen molar-refractivity contribution in [3.05, 3.63) is 82.8 Å². The van der Waals surface area contributed by atoms with Crippen molar-refractivity contribution < 1.29 is 13.2 Å². The maximum atomic E-state index is 12.7. The van der Waals surface area contributed by atoms with Gasteiger partial charge in [0.15, 0.2) is 0 Å². The summed E-state index contributed by atoms with van der Waals surface area (Å²) in [4.78, 5) is 20.2. The highest BCUT2D eigenvalue weighted by Crippen LogP contribution is 2.30. The summed E-state index contributed by atoms with van der Waals surface area (Å²) in [6, 6.07) is 14.7. The van der Waals surface area contributed by atoms with Gasteiger partial charge in [0, 0.05) is 36.1 Å². The molecule has 3 aromatic rings. The first-order valence-electron chi connectivity index (χ1n) is 9.19. The third-order valence-electron chi connectivity index (χ3n) is 4.68. The Kier molecular flexibility index (Phi) is 5.61. The van der Waals surface area contributed by atoms with Gasteiger partial charge in [-0.1, -0.05) is 17.7 Å². The molecule has 156 valence electrons. The third kappa shape index (κ3) is 4.36. The van der Waals surface area contributed by atoms with E-state index in [0.29, 0.717) is 52.0 Å². The Labute approximate surface area is 184 Å². The second-order valence-electron chi connectivity index (χ2n) is 6.68. The fourth-order valence-electron chi connectivity index (χ4n) is 3.14. The Hall–Kier alpha value is -3.45. The molecule has 1 aromatic heterocycles. The lowest BCUT2D eigenvalue weighted by atomic mass is 10.1. The van der Waals surface area contributed by atoms with Crippen molar-refractivity contribution >= 4 is 44.8 Å². The molecule has 2 N–H and O–H groups in total. The maximum Gasteiger partial charge on any atom is 0.301 e. The molecule has 0 saturated carbocycles. The van der Waals surface area contributed by atoms with Crippen LogP contribution >= 0.6 is 11.6 Å². The topological polar surface area (TPSA) is 95.8 Å². The highest BCUT2D eigenvalue weighted by Gasteiger charge is 2.27. The zero-order valence-corrected chi connectivity index (χ0v) is 17.6. The average molecular weight is 454 g/mol. The number of hydrogen-bond donors (Lipinski definition) is 2. The van der Waals surface area contributed by atoms with E-state index >= 15 is 0 Å². The monoisotopic (exact) mass is 453 g/mol. The number of pyridine rings is 1. The number of halogens is 1. The van der Waals surface area contributed by atoms with Crippen molar-refractivity contribution in [2.75, 3.05) is 22.7 Å². The van der Waals surface area contributed by atoms with E-state index in [1.165, 1.54) is 10.5 Å². The lowest BCUT2D eigenvalue weighted by molar-refractivity contribution is 0.102. The number of rotatable bonds is 4. The Bertz CT molecular complexity index is 1290. The van der Waals surface area contributed by atoms with Crippen LogP contribution in [-0.2, 0) is 10.2 Å². The second-order valence-corrected chi connectivity index (χ2v) is 8.77. The summed E-state index contributed by atoms with van der Waals surface area (Å²) in [5, 5.41) is 3.27. The number of nitrogens with one attached hydrogen (secondary N) is 2. The van der Waals surface area contributed by atoms with Crippen LogP contribution in [0.4, 0.5) is 17.1 Å². The minimum absolute atomic E-state index is 0.340. The number of carbonyl (C=O) groups is 1. The molecule has 1 saturated heterocycles. The van der Waals surface area contributed by atoms with E-state index in [0.717, 1.165) is 0 Å². The molecular weight excluding hydrogens is 438 g/mol. The van der Waals surface area contributed by atoms with Crippen LogP contribution in [0.1, 0.15) is 10.4 Å². The molecule has 31 heavy (non-hydrogen) atoms. The van der Waals surface area contributed by atoms with E-state index in [-0.39, 0.29) is 5.91 Å². The van der Waals surface area contributed by atoms with Gasteiger partial charge in [-0.05, 0) is 48.5 Å². The number of benzene rings is 2. The summed E-state index contributed by atoms with van der Waals surface area (Å²) in [6.07, 6.45) is 1.46. The van der Waals surface area contributed by atoms with Crippen LogP contribution in [0.15, 0.2) is 60.8 Å². The summed E-state index contributed by atoms with van der Waals surface area (Å²) in [5.74, 6) is -0.349. The highest BCUT2D eigenvalue weighted by molar-refractivity contribution is 7.91. The standard InChI is InChI=1S/C21H16ClN5O3S/c1-23-16-5-9-20(24-13-16)18-12-15(4-8-19(18)22)26-21(28)14-2-6-17(7-3-14)27-11-10-25-31(27,29)30/h2-9,12-13,25H,10-11H2,(H,26,28). The lowest BCUT2D eigenvalue weighted by Crippen LogP contribution is -2.29. The predicted molar refractivity (Wildman–Crippen MR) is 120 cm³/mol. The molecule has 1 fully saturated rings. The quantitative estimate of drug-likeness (QED) is 0.586. The van der Waals surface area contributed by atoms with Crippen LogP contribution in [0.3, 0.4) is 0 Å². The number of aromatic nitrogens is 1. The Morgan fingerprint density at radius 3 is 2.55 bits per heavy atom. The predicted octanol–water partition coefficient (Wildman–Crippen LogP) is 3.86. The van der Waals surface area contributed by atoms with Crippen molar-refractivity contribution in [3.63, 3.8) is 0 Å². The molecule has 0 atom stereocenters. The van der Waals surface area contributed by atoms with E-state index < -0.39 is 10.2 Å². The number of hydrogen-bond acceptors (Lipinski definition) is 4. The Morgan fingerprint density at radius 1 is 1.16 bits per heavy atom. The summed E-state index contributed by atoms with van der Waals surface area (Å²) in [6.45, 7) is 7.70. The molecule has 0 radical (unpaired) electrons. The number of carbonyl (C=O) groups excluding carboxylic acids is 1. The normalized spacial score (nSPS) is 14.8. The largest absolute Gasteiger partial charge is 0.322 e. The van der Waals surface area contributed by atoms with Gasteiger partial charge in [-0.3, -0.25) is 14.1 Å². The minimum atomic E-state index is -3.51. The van der Waals surface area contributed by atoms with Gasteiger partial charge in [0.25, 0.3) is 5.91 Å². The van der Waals surface area contributed by atoms with E-state index in [1.54, 1.807) is 54.6 Å². The molecule has 1 aliphatic rings. The molecular formula is C21H16ClN5O3S. The first kappa shape index (κ1) is 20.8. The molecule has 0 unspecified atom stereocenters. The fourth-order valence-corrected chi connectivity index (χ4v) is 4.59. The number of anilines is 2. The molecule has 1 amide bonds. The Balaban J connectivity index is 1.53. The third-order valence-corrected chi connectivity index (χ3v) is 6.56. The van der Waals surface area contributed by atoms with Gasteiger partial charge in [-0.15, -0.1) is 0 Å². The van der Waals surface area contributed by atoms with Gasteiger partial charge in [-0.2, -0.15) is 13.1 Å². The van der Waals surface area contributed by atoms with Gasteiger partial charge in [0.1, 0.15) is 0 Å².